The Morgan fingerprint density at radius 1 is 0.868 bits per heavy atom. The minimum atomic E-state index is 0. The molecule has 4 heterocycles. The zero-order chi connectivity index (χ0) is 25.6. The lowest BCUT2D eigenvalue weighted by molar-refractivity contribution is 0.281. The van der Waals surface area contributed by atoms with Crippen LogP contribution in [0.15, 0.2) is 72.1 Å². The molecular formula is C34H43ClN2O. The Morgan fingerprint density at radius 2 is 1.61 bits per heavy atom. The third kappa shape index (κ3) is 4.32. The number of anilines is 2. The monoisotopic (exact) mass is 530 g/mol. The first-order valence-electron chi connectivity index (χ1n) is 14.5. The van der Waals surface area contributed by atoms with E-state index in [0.29, 0.717) is 6.61 Å². The van der Waals surface area contributed by atoms with E-state index in [1.54, 1.807) is 0 Å². The van der Waals surface area contributed by atoms with Gasteiger partial charge in [0.2, 0.25) is 0 Å². The van der Waals surface area contributed by atoms with E-state index in [-0.39, 0.29) is 23.2 Å². The number of hydrogen-bond donors (Lipinski definition) is 1. The molecule has 0 fully saturated rings. The first-order chi connectivity index (χ1) is 17.9. The molecule has 38 heavy (non-hydrogen) atoms. The molecule has 3 nitrogen and oxygen atoms in total. The van der Waals surface area contributed by atoms with Crippen molar-refractivity contribution in [3.63, 3.8) is 0 Å². The number of rotatable bonds is 8. The van der Waals surface area contributed by atoms with Gasteiger partial charge in [0.15, 0.2) is 0 Å². The fourth-order valence-electron chi connectivity index (χ4n) is 7.39. The Balaban J connectivity index is 0.00000294. The van der Waals surface area contributed by atoms with E-state index in [1.807, 2.05) is 0 Å². The van der Waals surface area contributed by atoms with Crippen molar-refractivity contribution in [2.75, 3.05) is 29.5 Å². The van der Waals surface area contributed by atoms with Gasteiger partial charge in [0.25, 0.3) is 0 Å². The van der Waals surface area contributed by atoms with Gasteiger partial charge in [0.1, 0.15) is 0 Å². The summed E-state index contributed by atoms with van der Waals surface area (Å²) < 4.78 is 0. The summed E-state index contributed by atoms with van der Waals surface area (Å²) in [5.41, 5.74) is 11.8. The van der Waals surface area contributed by atoms with E-state index >= 15 is 0 Å². The highest BCUT2D eigenvalue weighted by Crippen LogP contribution is 2.52. The molecule has 0 radical (unpaired) electrons. The maximum Gasteiger partial charge on any atom is 0.0483 e. The van der Waals surface area contributed by atoms with Crippen molar-refractivity contribution in [1.82, 2.24) is 0 Å². The zero-order valence-electron chi connectivity index (χ0n) is 23.3. The number of nitrogens with zero attached hydrogens (tertiary/aromatic N) is 2. The summed E-state index contributed by atoms with van der Waals surface area (Å²) in [5, 5.41) is 9.21. The largest absolute Gasteiger partial charge is 0.396 e. The molecule has 0 amide bonds. The zero-order valence-corrected chi connectivity index (χ0v) is 24.1. The van der Waals surface area contributed by atoms with E-state index in [1.165, 1.54) is 70.6 Å². The SMILES string of the molecule is CC1(C)C(=CC=CC2=CN3CCc4cccc(c43)C2(C)CCCCCCO)N2CCCc3cccc1c32.Cl. The highest BCUT2D eigenvalue weighted by atomic mass is 35.5. The van der Waals surface area contributed by atoms with Crippen LogP contribution in [0.3, 0.4) is 0 Å². The Bertz CT molecular complexity index is 1290. The van der Waals surface area contributed by atoms with Gasteiger partial charge in [-0.3, -0.25) is 0 Å². The van der Waals surface area contributed by atoms with Crippen molar-refractivity contribution in [2.24, 2.45) is 0 Å². The predicted molar refractivity (Wildman–Crippen MR) is 163 cm³/mol. The van der Waals surface area contributed by atoms with Crippen molar-refractivity contribution < 1.29 is 5.11 Å². The van der Waals surface area contributed by atoms with Crippen molar-refractivity contribution >= 4 is 23.8 Å². The summed E-state index contributed by atoms with van der Waals surface area (Å²) in [5.74, 6) is 0. The van der Waals surface area contributed by atoms with Crippen molar-refractivity contribution in [2.45, 2.75) is 83.0 Å². The van der Waals surface area contributed by atoms with Gasteiger partial charge >= 0.3 is 0 Å². The van der Waals surface area contributed by atoms with Gasteiger partial charge in [-0.1, -0.05) is 88.6 Å². The van der Waals surface area contributed by atoms with Crippen LogP contribution in [-0.2, 0) is 23.7 Å². The number of benzene rings is 2. The van der Waals surface area contributed by atoms with Crippen LogP contribution < -0.4 is 9.80 Å². The number of aryl methyl sites for hydroxylation is 1. The van der Waals surface area contributed by atoms with Gasteiger partial charge in [-0.05, 0) is 66.0 Å². The molecule has 4 heteroatoms. The van der Waals surface area contributed by atoms with Crippen LogP contribution in [0.4, 0.5) is 11.4 Å². The summed E-state index contributed by atoms with van der Waals surface area (Å²) >= 11 is 0. The quantitative estimate of drug-likeness (QED) is 0.353. The lowest BCUT2D eigenvalue weighted by Gasteiger charge is -2.40. The predicted octanol–water partition coefficient (Wildman–Crippen LogP) is 7.75. The number of unbranched alkanes of at least 4 members (excludes halogenated alkanes) is 3. The Kier molecular flexibility index (Phi) is 7.55. The Morgan fingerprint density at radius 3 is 2.39 bits per heavy atom. The van der Waals surface area contributed by atoms with Gasteiger partial charge in [-0.15, -0.1) is 12.4 Å². The summed E-state index contributed by atoms with van der Waals surface area (Å²) in [4.78, 5) is 5.09. The van der Waals surface area contributed by atoms with E-state index < -0.39 is 0 Å². The average molecular weight is 531 g/mol. The summed E-state index contributed by atoms with van der Waals surface area (Å²) in [6, 6.07) is 13.9. The number of hydrogen-bond acceptors (Lipinski definition) is 3. The maximum atomic E-state index is 9.21. The minimum Gasteiger partial charge on any atom is -0.396 e. The number of aliphatic hydroxyl groups excluding tert-OH is 1. The number of allylic oxidation sites excluding steroid dienone is 5. The molecule has 1 atom stereocenters. The molecule has 0 saturated carbocycles. The third-order valence-corrected chi connectivity index (χ3v) is 9.49. The molecule has 0 aromatic heterocycles. The molecule has 1 unspecified atom stereocenters. The van der Waals surface area contributed by atoms with Crippen LogP contribution >= 0.6 is 12.4 Å². The fraction of sp³-hybridized carbons (Fsp3) is 0.471. The molecule has 2 aromatic rings. The van der Waals surface area contributed by atoms with Crippen molar-refractivity contribution in [3.05, 3.63) is 94.4 Å². The molecule has 0 spiro atoms. The lowest BCUT2D eigenvalue weighted by atomic mass is 9.69. The first kappa shape index (κ1) is 27.1. The van der Waals surface area contributed by atoms with Gasteiger partial charge in [0.05, 0.1) is 0 Å². The molecule has 0 bridgehead atoms. The molecule has 1 N–H and O–H groups in total. The minimum absolute atomic E-state index is 0. The topological polar surface area (TPSA) is 26.7 Å². The first-order valence-corrected chi connectivity index (χ1v) is 14.5. The van der Waals surface area contributed by atoms with Crippen LogP contribution in [-0.4, -0.2) is 24.8 Å². The second-order valence-corrected chi connectivity index (χ2v) is 12.2. The second kappa shape index (κ2) is 10.6. The molecule has 0 aliphatic carbocycles. The van der Waals surface area contributed by atoms with E-state index in [4.69, 9.17) is 0 Å². The average Bonchev–Trinajstić information content (AvgIpc) is 3.41. The van der Waals surface area contributed by atoms with Crippen LogP contribution in [0.2, 0.25) is 0 Å². The van der Waals surface area contributed by atoms with Gasteiger partial charge in [-0.25, -0.2) is 0 Å². The van der Waals surface area contributed by atoms with Crippen LogP contribution in [0.25, 0.3) is 0 Å². The number of halogens is 1. The summed E-state index contributed by atoms with van der Waals surface area (Å²) in [6.07, 6.45) is 18.7. The van der Waals surface area contributed by atoms with Gasteiger partial charge in [-0.2, -0.15) is 0 Å². The van der Waals surface area contributed by atoms with E-state index in [2.05, 4.69) is 91.4 Å². The molecular weight excluding hydrogens is 488 g/mol. The molecule has 6 rings (SSSR count). The van der Waals surface area contributed by atoms with Gasteiger partial charge in [0, 0.05) is 53.8 Å². The molecule has 202 valence electrons. The fourth-order valence-corrected chi connectivity index (χ4v) is 7.39. The normalized spacial score (nSPS) is 23.5. The third-order valence-electron chi connectivity index (χ3n) is 9.49. The standard InChI is InChI=1S/C34H42N2O.ClH/c1-33(2)28-16-8-12-25-14-11-21-36(32(25)28)30(33)18-10-15-27-24-35-22-19-26-13-9-17-29(31(26)35)34(27,3)20-6-4-5-7-23-37;/h8-10,12-13,15-18,24,37H,4-7,11,14,19-23H2,1-3H3;1H. The highest BCUT2D eigenvalue weighted by molar-refractivity contribution is 5.85. The summed E-state index contributed by atoms with van der Waals surface area (Å²) in [6.45, 7) is 9.74. The lowest BCUT2D eigenvalue weighted by Crippen LogP contribution is -2.33. The smallest absolute Gasteiger partial charge is 0.0483 e. The Labute approximate surface area is 235 Å². The van der Waals surface area contributed by atoms with E-state index in [9.17, 15) is 5.11 Å². The molecule has 4 aliphatic heterocycles. The molecule has 2 aromatic carbocycles. The summed E-state index contributed by atoms with van der Waals surface area (Å²) in [7, 11) is 0. The Hall–Kier alpha value is -2.49. The number of aliphatic hydroxyl groups is 1. The second-order valence-electron chi connectivity index (χ2n) is 12.2. The van der Waals surface area contributed by atoms with Crippen molar-refractivity contribution in [1.29, 1.82) is 0 Å². The maximum absolute atomic E-state index is 9.21. The van der Waals surface area contributed by atoms with E-state index in [0.717, 1.165) is 38.8 Å². The highest BCUT2D eigenvalue weighted by Gasteiger charge is 2.42. The van der Waals surface area contributed by atoms with Crippen LogP contribution in [0.1, 0.15) is 81.5 Å². The van der Waals surface area contributed by atoms with Gasteiger partial charge < -0.3 is 14.9 Å². The van der Waals surface area contributed by atoms with Crippen molar-refractivity contribution in [3.8, 4) is 0 Å². The molecule has 0 saturated heterocycles. The molecule has 4 aliphatic rings. The number of para-hydroxylation sites is 2. The van der Waals surface area contributed by atoms with Crippen LogP contribution in [0.5, 0.6) is 0 Å². The van der Waals surface area contributed by atoms with Crippen LogP contribution in [0, 0.1) is 0 Å².